The summed E-state index contributed by atoms with van der Waals surface area (Å²) in [6.45, 7) is 0. The molecule has 3 rings (SSSR count). The number of halogens is 1. The van der Waals surface area contributed by atoms with E-state index >= 15 is 0 Å². The van der Waals surface area contributed by atoms with Crippen LogP contribution in [-0.4, -0.2) is 26.5 Å². The summed E-state index contributed by atoms with van der Waals surface area (Å²) in [4.78, 5) is 16.9. The minimum Gasteiger partial charge on any atom is -0.508 e. The van der Waals surface area contributed by atoms with Crippen molar-refractivity contribution >= 4 is 27.2 Å². The fourth-order valence-corrected chi connectivity index (χ4v) is 3.60. The lowest BCUT2D eigenvalue weighted by molar-refractivity contribution is 0.100. The number of hydrogen-bond acceptors (Lipinski definition) is 4. The second kappa shape index (κ2) is 8.26. The highest BCUT2D eigenvalue weighted by molar-refractivity contribution is 7.93. The number of carbonyl (C=O) groups excluding carboxylic acids is 1. The smallest absolute Gasteiger partial charge is 0.286 e. The van der Waals surface area contributed by atoms with Crippen molar-refractivity contribution in [3.63, 3.8) is 0 Å². The van der Waals surface area contributed by atoms with Gasteiger partial charge in [-0.25, -0.2) is 4.21 Å². The first-order chi connectivity index (χ1) is 13.3. The van der Waals surface area contributed by atoms with Crippen LogP contribution in [0.5, 0.6) is 5.75 Å². The largest absolute Gasteiger partial charge is 0.508 e. The Morgan fingerprint density at radius 2 is 1.79 bits per heavy atom. The van der Waals surface area contributed by atoms with Gasteiger partial charge in [0.05, 0.1) is 15.3 Å². The number of rotatable bonds is 2. The molecule has 1 N–H and O–H groups in total. The summed E-state index contributed by atoms with van der Waals surface area (Å²) in [5.41, 5.74) is 1.31. The standard InChI is InChI=1S/C21H15ClN2O3S/c1-28(27,20-9-7-18(22)8-10-20)24-21(26)17-11-16(13-23-14-17)6-5-15-3-2-4-19(25)12-15/h2-4,7-14,25H,1H3. The van der Waals surface area contributed by atoms with Crippen LogP contribution < -0.4 is 0 Å². The number of aromatic hydroxyl groups is 1. The lowest BCUT2D eigenvalue weighted by Crippen LogP contribution is -2.04. The van der Waals surface area contributed by atoms with E-state index < -0.39 is 15.6 Å². The average Bonchev–Trinajstić information content (AvgIpc) is 2.67. The third-order valence-corrected chi connectivity index (χ3v) is 5.60. The van der Waals surface area contributed by atoms with Gasteiger partial charge in [0.2, 0.25) is 0 Å². The van der Waals surface area contributed by atoms with Crippen LogP contribution in [0.2, 0.25) is 5.02 Å². The minimum atomic E-state index is -2.92. The van der Waals surface area contributed by atoms with Gasteiger partial charge in [-0.3, -0.25) is 9.78 Å². The Morgan fingerprint density at radius 3 is 2.50 bits per heavy atom. The molecule has 1 heterocycles. The lowest BCUT2D eigenvalue weighted by atomic mass is 10.1. The van der Waals surface area contributed by atoms with Crippen molar-refractivity contribution in [2.75, 3.05) is 6.26 Å². The molecule has 1 unspecified atom stereocenters. The highest BCUT2D eigenvalue weighted by Gasteiger charge is 2.12. The molecule has 2 aromatic carbocycles. The molecule has 0 bridgehead atoms. The summed E-state index contributed by atoms with van der Waals surface area (Å²) in [6.07, 6.45) is 4.25. The Morgan fingerprint density at radius 1 is 1.07 bits per heavy atom. The quantitative estimate of drug-likeness (QED) is 0.644. The predicted molar refractivity (Wildman–Crippen MR) is 109 cm³/mol. The maximum Gasteiger partial charge on any atom is 0.286 e. The van der Waals surface area contributed by atoms with Crippen LogP contribution in [0.4, 0.5) is 0 Å². The van der Waals surface area contributed by atoms with Gasteiger partial charge in [0.15, 0.2) is 0 Å². The first-order valence-corrected chi connectivity index (χ1v) is 10.4. The van der Waals surface area contributed by atoms with Gasteiger partial charge in [0.25, 0.3) is 5.91 Å². The van der Waals surface area contributed by atoms with Gasteiger partial charge in [-0.15, -0.1) is 0 Å². The van der Waals surface area contributed by atoms with E-state index in [1.165, 1.54) is 30.8 Å². The highest BCUT2D eigenvalue weighted by atomic mass is 35.5. The molecule has 1 amide bonds. The Bertz CT molecular complexity index is 1220. The zero-order chi connectivity index (χ0) is 20.1. The molecule has 5 nitrogen and oxygen atoms in total. The van der Waals surface area contributed by atoms with E-state index in [0.29, 0.717) is 21.0 Å². The van der Waals surface area contributed by atoms with E-state index in [1.54, 1.807) is 42.5 Å². The molecular weight excluding hydrogens is 396 g/mol. The number of aromatic nitrogens is 1. The van der Waals surface area contributed by atoms with Crippen LogP contribution in [0.1, 0.15) is 21.5 Å². The Balaban J connectivity index is 1.88. The summed E-state index contributed by atoms with van der Waals surface area (Å²) in [6, 6.07) is 14.4. The Kier molecular flexibility index (Phi) is 5.78. The average molecular weight is 411 g/mol. The maximum atomic E-state index is 12.8. The summed E-state index contributed by atoms with van der Waals surface area (Å²) in [5, 5.41) is 9.98. The number of nitrogens with zero attached hydrogens (tertiary/aromatic N) is 2. The van der Waals surface area contributed by atoms with Crippen molar-refractivity contribution in [1.82, 2.24) is 4.98 Å². The highest BCUT2D eigenvalue weighted by Crippen LogP contribution is 2.17. The fraction of sp³-hybridized carbons (Fsp3) is 0.0476. The Hall–Kier alpha value is -3.14. The molecule has 0 aliphatic heterocycles. The molecular formula is C21H15ClN2O3S. The molecule has 28 heavy (non-hydrogen) atoms. The topological polar surface area (TPSA) is 79.6 Å². The van der Waals surface area contributed by atoms with Gasteiger partial charge in [-0.05, 0) is 48.5 Å². The van der Waals surface area contributed by atoms with Crippen LogP contribution in [0.25, 0.3) is 0 Å². The molecule has 0 aliphatic carbocycles. The van der Waals surface area contributed by atoms with Crippen molar-refractivity contribution in [2.24, 2.45) is 4.36 Å². The molecule has 7 heteroatoms. The fourth-order valence-electron chi connectivity index (χ4n) is 2.30. The second-order valence-electron chi connectivity index (χ2n) is 5.92. The van der Waals surface area contributed by atoms with Crippen LogP contribution >= 0.6 is 11.6 Å². The number of phenols is 1. The molecule has 3 aromatic rings. The summed E-state index contributed by atoms with van der Waals surface area (Å²) < 4.78 is 16.7. The molecule has 0 radical (unpaired) electrons. The van der Waals surface area contributed by atoms with Gasteiger partial charge < -0.3 is 5.11 Å². The Labute approximate surface area is 168 Å². The number of amides is 1. The van der Waals surface area contributed by atoms with E-state index in [-0.39, 0.29) is 11.3 Å². The number of phenolic OH excluding ortho intramolecular Hbond substituents is 1. The van der Waals surface area contributed by atoms with Crippen LogP contribution in [-0.2, 0) is 9.73 Å². The van der Waals surface area contributed by atoms with E-state index in [9.17, 15) is 14.1 Å². The molecule has 1 atom stereocenters. The van der Waals surface area contributed by atoms with E-state index in [2.05, 4.69) is 21.2 Å². The zero-order valence-corrected chi connectivity index (χ0v) is 16.4. The molecule has 0 spiro atoms. The number of carbonyl (C=O) groups is 1. The molecule has 0 saturated carbocycles. The summed E-state index contributed by atoms with van der Waals surface area (Å²) >= 11 is 5.84. The van der Waals surface area contributed by atoms with E-state index in [4.69, 9.17) is 11.6 Å². The molecule has 0 fully saturated rings. The van der Waals surface area contributed by atoms with Crippen LogP contribution in [0, 0.1) is 11.8 Å². The monoisotopic (exact) mass is 410 g/mol. The third-order valence-electron chi connectivity index (χ3n) is 3.69. The second-order valence-corrected chi connectivity index (χ2v) is 8.61. The summed E-state index contributed by atoms with van der Waals surface area (Å²) in [5.74, 6) is 5.24. The first-order valence-electron chi connectivity index (χ1n) is 8.12. The SMILES string of the molecule is CS(=O)(=NC(=O)c1cncc(C#Cc2cccc(O)c2)c1)c1ccc(Cl)cc1. The zero-order valence-electron chi connectivity index (χ0n) is 14.8. The first kappa shape index (κ1) is 19.6. The van der Waals surface area contributed by atoms with Crippen LogP contribution in [0.3, 0.4) is 0 Å². The lowest BCUT2D eigenvalue weighted by Gasteiger charge is -2.04. The maximum absolute atomic E-state index is 12.8. The molecule has 140 valence electrons. The summed E-state index contributed by atoms with van der Waals surface area (Å²) in [7, 11) is -2.92. The van der Waals surface area contributed by atoms with Gasteiger partial charge in [0, 0.05) is 39.7 Å². The van der Waals surface area contributed by atoms with Crippen molar-refractivity contribution in [3.8, 4) is 17.6 Å². The van der Waals surface area contributed by atoms with Crippen molar-refractivity contribution in [1.29, 1.82) is 0 Å². The van der Waals surface area contributed by atoms with E-state index in [0.717, 1.165) is 0 Å². The van der Waals surface area contributed by atoms with Crippen molar-refractivity contribution in [2.45, 2.75) is 4.90 Å². The number of benzene rings is 2. The van der Waals surface area contributed by atoms with Gasteiger partial charge in [-0.1, -0.05) is 29.5 Å². The van der Waals surface area contributed by atoms with Gasteiger partial charge in [-0.2, -0.15) is 4.36 Å². The van der Waals surface area contributed by atoms with Crippen molar-refractivity contribution < 1.29 is 14.1 Å². The number of hydrogen-bond donors (Lipinski definition) is 1. The van der Waals surface area contributed by atoms with Crippen LogP contribution in [0.15, 0.2) is 76.2 Å². The molecule has 1 aromatic heterocycles. The van der Waals surface area contributed by atoms with Crippen molar-refractivity contribution in [3.05, 3.63) is 88.7 Å². The van der Waals surface area contributed by atoms with Gasteiger partial charge in [0.1, 0.15) is 5.75 Å². The molecule has 0 saturated heterocycles. The van der Waals surface area contributed by atoms with Gasteiger partial charge >= 0.3 is 0 Å². The van der Waals surface area contributed by atoms with E-state index in [1.807, 2.05) is 0 Å². The third kappa shape index (κ3) is 4.97. The number of pyridine rings is 1. The predicted octanol–water partition coefficient (Wildman–Crippen LogP) is 4.14. The normalized spacial score (nSPS) is 12.4. The molecule has 0 aliphatic rings. The minimum absolute atomic E-state index is 0.118.